The van der Waals surface area contributed by atoms with E-state index in [2.05, 4.69) is 6.92 Å². The van der Waals surface area contributed by atoms with Gasteiger partial charge in [0.05, 0.1) is 11.4 Å². The number of benzene rings is 1. The van der Waals surface area contributed by atoms with Gasteiger partial charge in [0.1, 0.15) is 0 Å². The normalized spacial score (nSPS) is 15.2. The summed E-state index contributed by atoms with van der Waals surface area (Å²) in [6.45, 7) is 10.4. The summed E-state index contributed by atoms with van der Waals surface area (Å²) in [6.07, 6.45) is 3.86. The van der Waals surface area contributed by atoms with E-state index in [0.29, 0.717) is 11.4 Å². The Morgan fingerprint density at radius 3 is 1.96 bits per heavy atom. The van der Waals surface area contributed by atoms with Crippen LogP contribution in [0.5, 0.6) is 0 Å². The minimum atomic E-state index is -3.53. The average molecular weight is 361 g/mol. The largest absolute Gasteiger partial charge is 0.353 e. The Kier molecular flexibility index (Phi) is 4.58. The smallest absolute Gasteiger partial charge is 0.244 e. The van der Waals surface area contributed by atoms with Gasteiger partial charge < -0.3 is 4.57 Å². The van der Waals surface area contributed by atoms with Gasteiger partial charge in [0.2, 0.25) is 10.0 Å². The van der Waals surface area contributed by atoms with Crippen molar-refractivity contribution in [1.82, 2.24) is 8.87 Å². The van der Waals surface area contributed by atoms with Crippen LogP contribution in [0, 0.1) is 34.6 Å². The summed E-state index contributed by atoms with van der Waals surface area (Å²) >= 11 is 0. The van der Waals surface area contributed by atoms with Crippen molar-refractivity contribution in [3.8, 4) is 0 Å². The van der Waals surface area contributed by atoms with Gasteiger partial charge in [-0.2, -0.15) is 4.31 Å². The molecule has 25 heavy (non-hydrogen) atoms. The monoisotopic (exact) mass is 360 g/mol. The van der Waals surface area contributed by atoms with Gasteiger partial charge in [-0.15, -0.1) is 0 Å². The molecule has 0 bridgehead atoms. The molecule has 0 unspecified atom stereocenters. The fraction of sp³-hybridized carbons (Fsp3) is 0.500. The molecule has 136 valence electrons. The number of hydrogen-bond donors (Lipinski definition) is 0. The highest BCUT2D eigenvalue weighted by molar-refractivity contribution is 7.89. The van der Waals surface area contributed by atoms with Gasteiger partial charge in [-0.3, -0.25) is 0 Å². The fourth-order valence-electron chi connectivity index (χ4n) is 3.56. The summed E-state index contributed by atoms with van der Waals surface area (Å²) in [4.78, 5) is 0.509. The topological polar surface area (TPSA) is 42.3 Å². The number of aryl methyl sites for hydroxylation is 1. The van der Waals surface area contributed by atoms with E-state index in [0.717, 1.165) is 40.8 Å². The molecule has 1 heterocycles. The standard InChI is InChI=1S/C20H28N2O2S/c1-13-14(2)16(4)20(17(5)15(13)3)25(23,24)22(18-9-10-18)12-19-8-7-11-21(19)6/h7-8,11,18H,9-10,12H2,1-6H3. The Morgan fingerprint density at radius 2 is 1.52 bits per heavy atom. The first kappa shape index (κ1) is 18.2. The second-order valence-corrected chi connectivity index (χ2v) is 9.17. The Balaban J connectivity index is 2.13. The van der Waals surface area contributed by atoms with E-state index < -0.39 is 10.0 Å². The Bertz CT molecular complexity index is 892. The predicted molar refractivity (Wildman–Crippen MR) is 101 cm³/mol. The minimum absolute atomic E-state index is 0.126. The zero-order valence-corrected chi connectivity index (χ0v) is 16.9. The number of nitrogens with zero attached hydrogens (tertiary/aromatic N) is 2. The van der Waals surface area contributed by atoms with Crippen LogP contribution in [0.1, 0.15) is 46.4 Å². The van der Waals surface area contributed by atoms with Crippen molar-refractivity contribution in [3.63, 3.8) is 0 Å². The van der Waals surface area contributed by atoms with Gasteiger partial charge in [-0.05, 0) is 87.4 Å². The van der Waals surface area contributed by atoms with Gasteiger partial charge >= 0.3 is 0 Å². The molecule has 0 spiro atoms. The van der Waals surface area contributed by atoms with Crippen molar-refractivity contribution in [2.24, 2.45) is 7.05 Å². The lowest BCUT2D eigenvalue weighted by Gasteiger charge is -2.26. The molecular weight excluding hydrogens is 332 g/mol. The van der Waals surface area contributed by atoms with Gasteiger partial charge in [-0.25, -0.2) is 8.42 Å². The molecule has 1 aromatic heterocycles. The zero-order chi connectivity index (χ0) is 18.5. The van der Waals surface area contributed by atoms with Crippen LogP contribution in [0.3, 0.4) is 0 Å². The van der Waals surface area contributed by atoms with Gasteiger partial charge in [0.25, 0.3) is 0 Å². The number of sulfonamides is 1. The van der Waals surface area contributed by atoms with E-state index in [-0.39, 0.29) is 6.04 Å². The van der Waals surface area contributed by atoms with Crippen molar-refractivity contribution in [2.45, 2.75) is 64.9 Å². The van der Waals surface area contributed by atoms with Crippen molar-refractivity contribution < 1.29 is 8.42 Å². The van der Waals surface area contributed by atoms with E-state index in [9.17, 15) is 8.42 Å². The second-order valence-electron chi connectivity index (χ2n) is 7.35. The number of aromatic nitrogens is 1. The van der Waals surface area contributed by atoms with Crippen LogP contribution in [0.4, 0.5) is 0 Å². The molecule has 1 aliphatic rings. The number of hydrogen-bond acceptors (Lipinski definition) is 2. The number of rotatable bonds is 5. The summed E-state index contributed by atoms with van der Waals surface area (Å²) in [5.74, 6) is 0. The molecule has 1 fully saturated rings. The van der Waals surface area contributed by atoms with E-state index >= 15 is 0 Å². The lowest BCUT2D eigenvalue weighted by atomic mass is 9.95. The summed E-state index contributed by atoms with van der Waals surface area (Å²) in [5.41, 5.74) is 6.14. The molecule has 5 heteroatoms. The highest BCUT2D eigenvalue weighted by Gasteiger charge is 2.40. The van der Waals surface area contributed by atoms with Crippen LogP contribution in [-0.2, 0) is 23.6 Å². The van der Waals surface area contributed by atoms with Gasteiger partial charge in [0.15, 0.2) is 0 Å². The quantitative estimate of drug-likeness (QED) is 0.811. The third-order valence-electron chi connectivity index (χ3n) is 5.82. The molecule has 0 radical (unpaired) electrons. The molecule has 2 aromatic rings. The molecular formula is C20H28N2O2S. The van der Waals surface area contributed by atoms with Crippen molar-refractivity contribution >= 4 is 10.0 Å². The molecule has 0 aliphatic heterocycles. The van der Waals surface area contributed by atoms with Crippen molar-refractivity contribution in [1.29, 1.82) is 0 Å². The summed E-state index contributed by atoms with van der Waals surface area (Å²) in [7, 11) is -1.57. The van der Waals surface area contributed by atoms with Crippen LogP contribution in [0.25, 0.3) is 0 Å². The molecule has 3 rings (SSSR count). The van der Waals surface area contributed by atoms with Crippen LogP contribution in [-0.4, -0.2) is 23.3 Å². The van der Waals surface area contributed by atoms with Crippen LogP contribution in [0.15, 0.2) is 23.2 Å². The lowest BCUT2D eigenvalue weighted by molar-refractivity contribution is 0.389. The second kappa shape index (κ2) is 6.29. The molecule has 1 aromatic carbocycles. The SMILES string of the molecule is Cc1c(C)c(C)c(S(=O)(=O)N(Cc2cccn2C)C2CC2)c(C)c1C. The average Bonchev–Trinajstić information content (AvgIpc) is 3.31. The molecule has 0 N–H and O–H groups in total. The van der Waals surface area contributed by atoms with Crippen molar-refractivity contribution in [2.75, 3.05) is 0 Å². The first-order valence-corrected chi connectivity index (χ1v) is 10.3. The third kappa shape index (κ3) is 3.04. The van der Waals surface area contributed by atoms with E-state index in [1.807, 2.05) is 57.6 Å². The van der Waals surface area contributed by atoms with Crippen molar-refractivity contribution in [3.05, 3.63) is 51.8 Å². The first-order chi connectivity index (χ1) is 11.7. The van der Waals surface area contributed by atoms with Crippen LogP contribution < -0.4 is 0 Å². The summed E-state index contributed by atoms with van der Waals surface area (Å²) < 4.78 is 31.0. The van der Waals surface area contributed by atoms with Crippen LogP contribution in [0.2, 0.25) is 0 Å². The maximum Gasteiger partial charge on any atom is 0.244 e. The zero-order valence-electron chi connectivity index (χ0n) is 16.0. The molecule has 0 amide bonds. The lowest BCUT2D eigenvalue weighted by Crippen LogP contribution is -2.34. The van der Waals surface area contributed by atoms with Gasteiger partial charge in [-0.1, -0.05) is 0 Å². The molecule has 4 nitrogen and oxygen atoms in total. The summed E-state index contributed by atoms with van der Waals surface area (Å²) in [5, 5.41) is 0. The van der Waals surface area contributed by atoms with Crippen LogP contribution >= 0.6 is 0 Å². The fourth-order valence-corrected chi connectivity index (χ4v) is 5.78. The highest BCUT2D eigenvalue weighted by Crippen LogP contribution is 2.37. The van der Waals surface area contributed by atoms with Gasteiger partial charge in [0, 0.05) is 25.0 Å². The third-order valence-corrected chi connectivity index (χ3v) is 7.99. The van der Waals surface area contributed by atoms with E-state index in [4.69, 9.17) is 0 Å². The molecule has 1 saturated carbocycles. The minimum Gasteiger partial charge on any atom is -0.353 e. The highest BCUT2D eigenvalue weighted by atomic mass is 32.2. The van der Waals surface area contributed by atoms with E-state index in [1.54, 1.807) is 4.31 Å². The molecule has 1 aliphatic carbocycles. The Hall–Kier alpha value is -1.59. The maximum atomic E-state index is 13.6. The first-order valence-electron chi connectivity index (χ1n) is 8.85. The Labute approximate surface area is 151 Å². The molecule has 0 atom stereocenters. The maximum absolute atomic E-state index is 13.6. The van der Waals surface area contributed by atoms with E-state index in [1.165, 1.54) is 5.56 Å². The molecule has 0 saturated heterocycles. The predicted octanol–water partition coefficient (Wildman–Crippen LogP) is 3.92. The Morgan fingerprint density at radius 1 is 1.00 bits per heavy atom. The summed E-state index contributed by atoms with van der Waals surface area (Å²) in [6, 6.07) is 4.08.